The van der Waals surface area contributed by atoms with E-state index in [4.69, 9.17) is 14.2 Å². The number of nitrogens with zero attached hydrogens (tertiary/aromatic N) is 9. The van der Waals surface area contributed by atoms with Gasteiger partial charge in [-0.1, -0.05) is 15.6 Å². The van der Waals surface area contributed by atoms with Gasteiger partial charge in [0.15, 0.2) is 0 Å². The summed E-state index contributed by atoms with van der Waals surface area (Å²) >= 11 is 0. The maximum Gasteiger partial charge on any atom is 0.134 e. The van der Waals surface area contributed by atoms with Crippen molar-refractivity contribution in [2.45, 2.75) is 73.1 Å². The number of hydrogen-bond acceptors (Lipinski definition) is 9. The van der Waals surface area contributed by atoms with E-state index in [1.807, 2.05) is 53.2 Å². The zero-order chi connectivity index (χ0) is 24.8. The van der Waals surface area contributed by atoms with Crippen molar-refractivity contribution in [2.75, 3.05) is 0 Å². The van der Waals surface area contributed by atoms with Gasteiger partial charge in [0.05, 0.1) is 18.6 Å². The first-order chi connectivity index (χ1) is 16.9. The fraction of sp³-hybridized carbons (Fsp3) is 0.478. The molecule has 4 rings (SSSR count). The fourth-order valence-electron chi connectivity index (χ4n) is 3.09. The van der Waals surface area contributed by atoms with Crippen LogP contribution < -0.4 is 14.2 Å². The molecule has 35 heavy (non-hydrogen) atoms. The van der Waals surface area contributed by atoms with Gasteiger partial charge in [0.1, 0.15) is 54.2 Å². The van der Waals surface area contributed by atoms with E-state index in [1.165, 1.54) is 0 Å². The van der Waals surface area contributed by atoms with Crippen molar-refractivity contribution in [2.24, 2.45) is 0 Å². The zero-order valence-electron chi connectivity index (χ0n) is 20.7. The van der Waals surface area contributed by atoms with Gasteiger partial charge in [-0.2, -0.15) is 0 Å². The van der Waals surface area contributed by atoms with Gasteiger partial charge in [-0.3, -0.25) is 4.68 Å². The Morgan fingerprint density at radius 1 is 0.629 bits per heavy atom. The third-order valence-electron chi connectivity index (χ3n) is 5.10. The van der Waals surface area contributed by atoms with Gasteiger partial charge in [-0.15, -0.1) is 15.3 Å². The van der Waals surface area contributed by atoms with E-state index in [0.29, 0.717) is 17.2 Å². The second-order valence-electron chi connectivity index (χ2n) is 8.64. The maximum absolute atomic E-state index is 5.99. The lowest BCUT2D eigenvalue weighted by molar-refractivity contribution is 0.270. The molecular formula is C23H31N9O3. The molecular weight excluding hydrogens is 450 g/mol. The summed E-state index contributed by atoms with van der Waals surface area (Å²) in [7, 11) is 0. The Kier molecular flexibility index (Phi) is 7.58. The molecule has 0 saturated carbocycles. The molecule has 0 fully saturated rings. The fourth-order valence-corrected chi connectivity index (χ4v) is 3.09. The summed E-state index contributed by atoms with van der Waals surface area (Å²) in [4.78, 5) is 0. The van der Waals surface area contributed by atoms with E-state index in [1.54, 1.807) is 32.2 Å². The second kappa shape index (κ2) is 11.0. The lowest BCUT2D eigenvalue weighted by atomic mass is 10.3. The molecule has 0 unspecified atom stereocenters. The van der Waals surface area contributed by atoms with Gasteiger partial charge in [0, 0.05) is 36.8 Å². The highest BCUT2D eigenvalue weighted by Crippen LogP contribution is 2.29. The SMILES string of the molecule is CCn1cc(COc2cc(OCc3cn(C(C)C)nn3)cc(OCc3cn(C(C)C)nn3)c2)nn1. The average Bonchev–Trinajstić information content (AvgIpc) is 3.60. The Bertz CT molecular complexity index is 1160. The smallest absolute Gasteiger partial charge is 0.134 e. The molecule has 0 bridgehead atoms. The Morgan fingerprint density at radius 2 is 1.03 bits per heavy atom. The van der Waals surface area contributed by atoms with Crippen LogP contribution in [-0.4, -0.2) is 45.0 Å². The molecule has 0 aliphatic carbocycles. The lowest BCUT2D eigenvalue weighted by Crippen LogP contribution is -2.02. The molecule has 3 heterocycles. The predicted molar refractivity (Wildman–Crippen MR) is 126 cm³/mol. The van der Waals surface area contributed by atoms with Crippen molar-refractivity contribution in [3.63, 3.8) is 0 Å². The van der Waals surface area contributed by atoms with Crippen molar-refractivity contribution in [3.05, 3.63) is 53.9 Å². The molecule has 0 N–H and O–H groups in total. The van der Waals surface area contributed by atoms with Crippen LogP contribution in [0.1, 0.15) is 63.8 Å². The summed E-state index contributed by atoms with van der Waals surface area (Å²) < 4.78 is 23.3. The minimum Gasteiger partial charge on any atom is -0.487 e. The standard InChI is InChI=1S/C23H31N9O3/c1-6-30-10-18(24-27-30)13-33-21-7-22(34-14-19-11-31(16(2)3)28-25-19)9-23(8-21)35-15-20-12-32(17(4)5)29-26-20/h7-12,16-17H,6,13-15H2,1-5H3. The first-order valence-corrected chi connectivity index (χ1v) is 11.6. The van der Waals surface area contributed by atoms with Crippen LogP contribution in [0, 0.1) is 0 Å². The van der Waals surface area contributed by atoms with Crippen molar-refractivity contribution in [1.29, 1.82) is 0 Å². The van der Waals surface area contributed by atoms with Crippen LogP contribution in [0.4, 0.5) is 0 Å². The minimum atomic E-state index is 0.229. The van der Waals surface area contributed by atoms with Gasteiger partial charge in [0.25, 0.3) is 0 Å². The molecule has 0 aliphatic heterocycles. The molecule has 0 atom stereocenters. The highest BCUT2D eigenvalue weighted by Gasteiger charge is 2.11. The van der Waals surface area contributed by atoms with E-state index in [0.717, 1.165) is 23.6 Å². The van der Waals surface area contributed by atoms with Crippen molar-refractivity contribution < 1.29 is 14.2 Å². The van der Waals surface area contributed by atoms with Gasteiger partial charge >= 0.3 is 0 Å². The van der Waals surface area contributed by atoms with E-state index < -0.39 is 0 Å². The molecule has 3 aromatic heterocycles. The van der Waals surface area contributed by atoms with Gasteiger partial charge in [-0.05, 0) is 34.6 Å². The zero-order valence-corrected chi connectivity index (χ0v) is 20.7. The summed E-state index contributed by atoms with van der Waals surface area (Å²) in [6.45, 7) is 11.7. The van der Waals surface area contributed by atoms with Crippen LogP contribution in [-0.2, 0) is 26.4 Å². The van der Waals surface area contributed by atoms with Gasteiger partial charge in [0.2, 0.25) is 0 Å². The molecule has 0 amide bonds. The first-order valence-electron chi connectivity index (χ1n) is 11.6. The number of hydrogen-bond donors (Lipinski definition) is 0. The van der Waals surface area contributed by atoms with E-state index in [-0.39, 0.29) is 31.9 Å². The Morgan fingerprint density at radius 3 is 1.37 bits per heavy atom. The summed E-state index contributed by atoms with van der Waals surface area (Å²) in [5.74, 6) is 1.75. The summed E-state index contributed by atoms with van der Waals surface area (Å²) in [5.41, 5.74) is 2.19. The molecule has 0 radical (unpaired) electrons. The highest BCUT2D eigenvalue weighted by molar-refractivity contribution is 5.42. The lowest BCUT2D eigenvalue weighted by Gasteiger charge is -2.12. The van der Waals surface area contributed by atoms with Crippen LogP contribution in [0.2, 0.25) is 0 Å². The van der Waals surface area contributed by atoms with Crippen molar-refractivity contribution >= 4 is 0 Å². The monoisotopic (exact) mass is 481 g/mol. The van der Waals surface area contributed by atoms with E-state index in [2.05, 4.69) is 30.9 Å². The third kappa shape index (κ3) is 6.55. The highest BCUT2D eigenvalue weighted by atomic mass is 16.5. The van der Waals surface area contributed by atoms with Crippen LogP contribution >= 0.6 is 0 Å². The topological polar surface area (TPSA) is 120 Å². The number of ether oxygens (including phenoxy) is 3. The number of rotatable bonds is 12. The third-order valence-corrected chi connectivity index (χ3v) is 5.10. The average molecular weight is 482 g/mol. The van der Waals surface area contributed by atoms with Crippen LogP contribution in [0.3, 0.4) is 0 Å². The Balaban J connectivity index is 1.46. The minimum absolute atomic E-state index is 0.229. The Hall–Kier alpha value is -3.96. The van der Waals surface area contributed by atoms with Gasteiger partial charge in [-0.25, -0.2) is 9.36 Å². The largest absolute Gasteiger partial charge is 0.487 e. The molecule has 1 aromatic carbocycles. The first kappa shape index (κ1) is 24.2. The van der Waals surface area contributed by atoms with Crippen LogP contribution in [0.5, 0.6) is 17.2 Å². The summed E-state index contributed by atoms with van der Waals surface area (Å²) in [6, 6.07) is 5.87. The maximum atomic E-state index is 5.99. The van der Waals surface area contributed by atoms with Crippen LogP contribution in [0.25, 0.3) is 0 Å². The quantitative estimate of drug-likeness (QED) is 0.300. The molecule has 0 aliphatic rings. The van der Waals surface area contributed by atoms with Gasteiger partial charge < -0.3 is 14.2 Å². The predicted octanol–water partition coefficient (Wildman–Crippen LogP) is 3.38. The molecule has 186 valence electrons. The summed E-state index contributed by atoms with van der Waals surface area (Å²) in [6.07, 6.45) is 5.60. The number of benzene rings is 1. The molecule has 12 heteroatoms. The summed E-state index contributed by atoms with van der Waals surface area (Å²) in [5, 5.41) is 24.7. The Labute approximate surface area is 203 Å². The van der Waals surface area contributed by atoms with Crippen LogP contribution in [0.15, 0.2) is 36.8 Å². The molecule has 0 saturated heterocycles. The number of aryl methyl sites for hydroxylation is 1. The van der Waals surface area contributed by atoms with Crippen molar-refractivity contribution in [1.82, 2.24) is 45.0 Å². The molecule has 4 aromatic rings. The molecule has 12 nitrogen and oxygen atoms in total. The normalized spacial score (nSPS) is 11.4. The number of aromatic nitrogens is 9. The van der Waals surface area contributed by atoms with E-state index >= 15 is 0 Å². The molecule has 0 spiro atoms. The van der Waals surface area contributed by atoms with Crippen molar-refractivity contribution in [3.8, 4) is 17.2 Å². The second-order valence-corrected chi connectivity index (χ2v) is 8.64. The van der Waals surface area contributed by atoms with E-state index in [9.17, 15) is 0 Å².